The number of hydrogen-bond donors (Lipinski definition) is 2. The molecule has 2 aromatic carbocycles. The van der Waals surface area contributed by atoms with E-state index < -0.39 is 17.5 Å². The van der Waals surface area contributed by atoms with E-state index >= 15 is 0 Å². The number of halogens is 2. The molecular weight excluding hydrogens is 338 g/mol. The highest BCUT2D eigenvalue weighted by Gasteiger charge is 2.28. The molecule has 0 aliphatic heterocycles. The molecule has 0 radical (unpaired) electrons. The lowest BCUT2D eigenvalue weighted by atomic mass is 10.0. The van der Waals surface area contributed by atoms with Crippen LogP contribution in [0.3, 0.4) is 0 Å². The summed E-state index contributed by atoms with van der Waals surface area (Å²) in [4.78, 5) is 12.4. The van der Waals surface area contributed by atoms with Gasteiger partial charge in [-0.05, 0) is 55.1 Å². The van der Waals surface area contributed by atoms with Crippen LogP contribution in [0, 0.1) is 17.6 Å². The molecular formula is C20H22F2N2O2. The lowest BCUT2D eigenvalue weighted by molar-refractivity contribution is 0.0924. The van der Waals surface area contributed by atoms with E-state index in [0.717, 1.165) is 19.3 Å². The van der Waals surface area contributed by atoms with Crippen molar-refractivity contribution < 1.29 is 18.3 Å². The zero-order chi connectivity index (χ0) is 18.7. The Balaban J connectivity index is 1.80. The van der Waals surface area contributed by atoms with E-state index in [1.165, 1.54) is 37.4 Å². The van der Waals surface area contributed by atoms with Gasteiger partial charge in [0.2, 0.25) is 0 Å². The Kier molecular flexibility index (Phi) is 5.52. The second-order valence-corrected chi connectivity index (χ2v) is 6.55. The Morgan fingerprint density at radius 3 is 2.65 bits per heavy atom. The largest absolute Gasteiger partial charge is 0.497 e. The zero-order valence-corrected chi connectivity index (χ0v) is 14.6. The molecule has 6 heteroatoms. The summed E-state index contributed by atoms with van der Waals surface area (Å²) in [5.41, 5.74) is 6.27. The highest BCUT2D eigenvalue weighted by molar-refractivity contribution is 5.95. The summed E-state index contributed by atoms with van der Waals surface area (Å²) in [6.07, 6.45) is 2.83. The molecule has 0 bridgehead atoms. The molecule has 2 atom stereocenters. The Hall–Kier alpha value is -2.47. The fourth-order valence-electron chi connectivity index (χ4n) is 3.48. The van der Waals surface area contributed by atoms with Gasteiger partial charge in [0.25, 0.3) is 5.91 Å². The minimum absolute atomic E-state index is 0.0226. The number of carbonyl (C=O) groups excluding carboxylic acids is 1. The van der Waals surface area contributed by atoms with Crippen LogP contribution in [0.1, 0.15) is 29.6 Å². The van der Waals surface area contributed by atoms with Gasteiger partial charge in [-0.25, -0.2) is 8.78 Å². The number of hydrogen-bond acceptors (Lipinski definition) is 3. The van der Waals surface area contributed by atoms with Crippen molar-refractivity contribution >= 4 is 5.91 Å². The first-order chi connectivity index (χ1) is 12.5. The van der Waals surface area contributed by atoms with Crippen molar-refractivity contribution in [3.63, 3.8) is 0 Å². The first kappa shape index (κ1) is 18.3. The van der Waals surface area contributed by atoms with Gasteiger partial charge in [0.05, 0.1) is 12.7 Å². The number of nitrogens with two attached hydrogens (primary N) is 1. The van der Waals surface area contributed by atoms with Gasteiger partial charge >= 0.3 is 0 Å². The maximum absolute atomic E-state index is 14.5. The van der Waals surface area contributed by atoms with Crippen molar-refractivity contribution in [1.29, 1.82) is 0 Å². The molecule has 3 rings (SSSR count). The predicted octanol–water partition coefficient (Wildman–Crippen LogP) is 3.50. The number of amides is 1. The van der Waals surface area contributed by atoms with Gasteiger partial charge in [-0.3, -0.25) is 4.79 Å². The number of nitrogens with one attached hydrogen (secondary N) is 1. The Labute approximate surface area is 151 Å². The average Bonchev–Trinajstić information content (AvgIpc) is 3.08. The van der Waals surface area contributed by atoms with Crippen molar-refractivity contribution in [2.45, 2.75) is 25.3 Å². The van der Waals surface area contributed by atoms with E-state index in [2.05, 4.69) is 5.32 Å². The van der Waals surface area contributed by atoms with Gasteiger partial charge in [-0.15, -0.1) is 0 Å². The van der Waals surface area contributed by atoms with E-state index in [1.807, 2.05) is 0 Å². The van der Waals surface area contributed by atoms with Gasteiger partial charge in [0.1, 0.15) is 17.4 Å². The molecule has 0 saturated heterocycles. The molecule has 2 unspecified atom stereocenters. The summed E-state index contributed by atoms with van der Waals surface area (Å²) in [5.74, 6) is -1.05. The summed E-state index contributed by atoms with van der Waals surface area (Å²) in [5, 5.41) is 2.87. The van der Waals surface area contributed by atoms with E-state index in [-0.39, 0.29) is 23.1 Å². The van der Waals surface area contributed by atoms with Gasteiger partial charge in [0.15, 0.2) is 0 Å². The molecule has 2 aromatic rings. The van der Waals surface area contributed by atoms with Crippen LogP contribution in [0.4, 0.5) is 8.78 Å². The van der Waals surface area contributed by atoms with Gasteiger partial charge < -0.3 is 15.8 Å². The smallest absolute Gasteiger partial charge is 0.254 e. The first-order valence-electron chi connectivity index (χ1n) is 8.68. The normalized spacial score (nSPS) is 19.4. The van der Waals surface area contributed by atoms with E-state index in [4.69, 9.17) is 10.5 Å². The number of methoxy groups -OCH3 is 1. The minimum atomic E-state index is -0.683. The molecule has 1 aliphatic carbocycles. The number of carbonyl (C=O) groups is 1. The van der Waals surface area contributed by atoms with Crippen LogP contribution >= 0.6 is 0 Å². The van der Waals surface area contributed by atoms with Crippen molar-refractivity contribution in [1.82, 2.24) is 5.32 Å². The Morgan fingerprint density at radius 1 is 1.19 bits per heavy atom. The summed E-state index contributed by atoms with van der Waals surface area (Å²) < 4.78 is 33.6. The van der Waals surface area contributed by atoms with Crippen LogP contribution in [0.15, 0.2) is 36.4 Å². The minimum Gasteiger partial charge on any atom is -0.497 e. The quantitative estimate of drug-likeness (QED) is 0.858. The summed E-state index contributed by atoms with van der Waals surface area (Å²) >= 11 is 0. The topological polar surface area (TPSA) is 64.3 Å². The monoisotopic (exact) mass is 360 g/mol. The highest BCUT2D eigenvalue weighted by Crippen LogP contribution is 2.28. The molecule has 1 saturated carbocycles. The summed E-state index contributed by atoms with van der Waals surface area (Å²) in [6, 6.07) is 8.44. The first-order valence-corrected chi connectivity index (χ1v) is 8.68. The molecule has 1 aliphatic rings. The van der Waals surface area contributed by atoms with Crippen LogP contribution in [-0.4, -0.2) is 25.6 Å². The van der Waals surface area contributed by atoms with Crippen molar-refractivity contribution in [2.75, 3.05) is 13.7 Å². The highest BCUT2D eigenvalue weighted by atomic mass is 19.1. The fraction of sp³-hybridized carbons (Fsp3) is 0.350. The van der Waals surface area contributed by atoms with Crippen LogP contribution < -0.4 is 15.8 Å². The third-order valence-corrected chi connectivity index (χ3v) is 4.98. The van der Waals surface area contributed by atoms with E-state index in [9.17, 15) is 13.6 Å². The number of benzene rings is 2. The van der Waals surface area contributed by atoms with Crippen molar-refractivity contribution in [3.05, 3.63) is 53.6 Å². The molecule has 1 amide bonds. The maximum atomic E-state index is 14.5. The SMILES string of the molecule is COc1ccc(-c2ccc(C(=O)NC3CCCC3CN)c(F)c2)c(F)c1. The van der Waals surface area contributed by atoms with Gasteiger partial charge in [-0.1, -0.05) is 12.5 Å². The Morgan fingerprint density at radius 2 is 2.00 bits per heavy atom. The second kappa shape index (κ2) is 7.83. The molecule has 0 aromatic heterocycles. The van der Waals surface area contributed by atoms with Crippen molar-refractivity contribution in [2.24, 2.45) is 11.7 Å². The fourth-order valence-corrected chi connectivity index (χ4v) is 3.48. The van der Waals surface area contributed by atoms with Crippen LogP contribution in [0.5, 0.6) is 5.75 Å². The summed E-state index contributed by atoms with van der Waals surface area (Å²) in [6.45, 7) is 0.503. The van der Waals surface area contributed by atoms with Crippen LogP contribution in [0.25, 0.3) is 11.1 Å². The maximum Gasteiger partial charge on any atom is 0.254 e. The van der Waals surface area contributed by atoms with Gasteiger partial charge in [-0.2, -0.15) is 0 Å². The van der Waals surface area contributed by atoms with E-state index in [1.54, 1.807) is 6.07 Å². The molecule has 1 fully saturated rings. The third kappa shape index (κ3) is 3.70. The number of ether oxygens (including phenoxy) is 1. The number of rotatable bonds is 5. The molecule has 4 nitrogen and oxygen atoms in total. The molecule has 0 heterocycles. The Bertz CT molecular complexity index is 810. The molecule has 0 spiro atoms. The average molecular weight is 360 g/mol. The zero-order valence-electron chi connectivity index (χ0n) is 14.6. The lowest BCUT2D eigenvalue weighted by Crippen LogP contribution is -2.40. The second-order valence-electron chi connectivity index (χ2n) is 6.55. The molecule has 3 N–H and O–H groups in total. The van der Waals surface area contributed by atoms with Crippen LogP contribution in [0.2, 0.25) is 0 Å². The van der Waals surface area contributed by atoms with Gasteiger partial charge in [0, 0.05) is 17.7 Å². The van der Waals surface area contributed by atoms with E-state index in [0.29, 0.717) is 17.9 Å². The molecule has 26 heavy (non-hydrogen) atoms. The summed E-state index contributed by atoms with van der Waals surface area (Å²) in [7, 11) is 1.45. The third-order valence-electron chi connectivity index (χ3n) is 4.98. The predicted molar refractivity (Wildman–Crippen MR) is 96.0 cm³/mol. The standard InChI is InChI=1S/C20H22F2N2O2/c1-26-14-6-8-15(18(22)10-14)12-5-7-16(17(21)9-12)20(25)24-19-4-2-3-13(19)11-23/h5-10,13,19H,2-4,11,23H2,1H3,(H,24,25). The lowest BCUT2D eigenvalue weighted by Gasteiger charge is -2.19. The van der Waals surface area contributed by atoms with Crippen LogP contribution in [-0.2, 0) is 0 Å². The van der Waals surface area contributed by atoms with Crippen molar-refractivity contribution in [3.8, 4) is 16.9 Å². The molecule has 138 valence electrons.